The van der Waals surface area contributed by atoms with Crippen molar-refractivity contribution in [1.82, 2.24) is 13.5 Å². The van der Waals surface area contributed by atoms with E-state index in [0.29, 0.717) is 38.3 Å². The topological polar surface area (TPSA) is 81.2 Å². The molecule has 2 fully saturated rings. The summed E-state index contributed by atoms with van der Waals surface area (Å²) in [5.74, 6) is -0.930. The van der Waals surface area contributed by atoms with Gasteiger partial charge in [-0.25, -0.2) is 4.79 Å². The van der Waals surface area contributed by atoms with Gasteiger partial charge in [0, 0.05) is 45.8 Å². The smallest absolute Gasteiger partial charge is 0.336 e. The molecular formula is C19H29N3O4S. The molecule has 1 heterocycles. The van der Waals surface area contributed by atoms with E-state index in [0.717, 1.165) is 31.2 Å². The van der Waals surface area contributed by atoms with Crippen LogP contribution in [0.2, 0.25) is 0 Å². The Morgan fingerprint density at radius 3 is 2.37 bits per heavy atom. The van der Waals surface area contributed by atoms with Crippen LogP contribution in [-0.4, -0.2) is 72.3 Å². The second-order valence-corrected chi connectivity index (χ2v) is 9.44. The summed E-state index contributed by atoms with van der Waals surface area (Å²) in [5.41, 5.74) is 1.07. The number of carboxylic acids is 1. The molecule has 0 amide bonds. The summed E-state index contributed by atoms with van der Waals surface area (Å²) in [6, 6.07) is 7.10. The Balaban J connectivity index is 1.59. The van der Waals surface area contributed by atoms with Crippen LogP contribution < -0.4 is 0 Å². The summed E-state index contributed by atoms with van der Waals surface area (Å²) >= 11 is 0. The van der Waals surface area contributed by atoms with Crippen molar-refractivity contribution < 1.29 is 18.3 Å². The largest absolute Gasteiger partial charge is 0.478 e. The van der Waals surface area contributed by atoms with Gasteiger partial charge in [0.15, 0.2) is 0 Å². The molecule has 0 radical (unpaired) electrons. The minimum atomic E-state index is -3.43. The van der Waals surface area contributed by atoms with Crippen LogP contribution in [0.1, 0.15) is 48.0 Å². The molecule has 1 aromatic rings. The number of nitrogens with zero attached hydrogens (tertiary/aromatic N) is 3. The summed E-state index contributed by atoms with van der Waals surface area (Å²) in [4.78, 5) is 13.5. The Labute approximate surface area is 161 Å². The number of carbonyl (C=O) groups is 1. The molecule has 27 heavy (non-hydrogen) atoms. The molecule has 150 valence electrons. The lowest BCUT2D eigenvalue weighted by molar-refractivity contribution is 0.0694. The highest BCUT2D eigenvalue weighted by molar-refractivity contribution is 7.86. The summed E-state index contributed by atoms with van der Waals surface area (Å²) in [5, 5.41) is 9.32. The van der Waals surface area contributed by atoms with Gasteiger partial charge >= 0.3 is 5.97 Å². The molecule has 1 aliphatic heterocycles. The quantitative estimate of drug-likeness (QED) is 0.797. The van der Waals surface area contributed by atoms with Crippen LogP contribution in [0.15, 0.2) is 24.3 Å². The van der Waals surface area contributed by atoms with E-state index in [2.05, 4.69) is 4.90 Å². The third-order valence-corrected chi connectivity index (χ3v) is 7.80. The lowest BCUT2D eigenvalue weighted by Gasteiger charge is -2.38. The summed E-state index contributed by atoms with van der Waals surface area (Å²) in [6.07, 6.45) is 5.28. The highest BCUT2D eigenvalue weighted by Crippen LogP contribution is 2.25. The van der Waals surface area contributed by atoms with Gasteiger partial charge in [-0.2, -0.15) is 17.0 Å². The predicted molar refractivity (Wildman–Crippen MR) is 104 cm³/mol. The van der Waals surface area contributed by atoms with Crippen molar-refractivity contribution in [3.05, 3.63) is 35.4 Å². The molecule has 1 saturated heterocycles. The highest BCUT2D eigenvalue weighted by atomic mass is 32.2. The van der Waals surface area contributed by atoms with Crippen molar-refractivity contribution in [3.8, 4) is 0 Å². The van der Waals surface area contributed by atoms with Crippen molar-refractivity contribution in [3.63, 3.8) is 0 Å². The van der Waals surface area contributed by atoms with Crippen molar-refractivity contribution in [2.45, 2.75) is 44.7 Å². The zero-order chi connectivity index (χ0) is 19.4. The van der Waals surface area contributed by atoms with Crippen LogP contribution in [0.3, 0.4) is 0 Å². The Bertz CT molecular complexity index is 754. The van der Waals surface area contributed by atoms with Crippen molar-refractivity contribution in [2.75, 3.05) is 33.2 Å². The van der Waals surface area contributed by atoms with Gasteiger partial charge in [0.25, 0.3) is 10.2 Å². The molecule has 8 heteroatoms. The van der Waals surface area contributed by atoms with Gasteiger partial charge in [-0.1, -0.05) is 37.5 Å². The fraction of sp³-hybridized carbons (Fsp3) is 0.632. The number of rotatable bonds is 6. The normalized spacial score (nSPS) is 20.8. The van der Waals surface area contributed by atoms with E-state index >= 15 is 0 Å². The highest BCUT2D eigenvalue weighted by Gasteiger charge is 2.34. The molecule has 3 rings (SSSR count). The molecule has 0 aromatic heterocycles. The molecule has 0 bridgehead atoms. The Kier molecular flexibility index (Phi) is 6.52. The average Bonchev–Trinajstić information content (AvgIpc) is 2.68. The van der Waals surface area contributed by atoms with E-state index in [1.54, 1.807) is 27.8 Å². The van der Waals surface area contributed by atoms with Crippen LogP contribution in [0, 0.1) is 0 Å². The van der Waals surface area contributed by atoms with Crippen molar-refractivity contribution in [1.29, 1.82) is 0 Å². The number of benzene rings is 1. The van der Waals surface area contributed by atoms with Crippen molar-refractivity contribution in [2.24, 2.45) is 0 Å². The fourth-order valence-corrected chi connectivity index (χ4v) is 5.62. The van der Waals surface area contributed by atoms with Gasteiger partial charge in [-0.3, -0.25) is 4.90 Å². The third-order valence-electron chi connectivity index (χ3n) is 5.75. The van der Waals surface area contributed by atoms with Gasteiger partial charge in [-0.15, -0.1) is 0 Å². The Morgan fingerprint density at radius 1 is 1.11 bits per heavy atom. The van der Waals surface area contributed by atoms with Gasteiger partial charge in [0.1, 0.15) is 0 Å². The van der Waals surface area contributed by atoms with Gasteiger partial charge in [-0.05, 0) is 24.5 Å². The van der Waals surface area contributed by atoms with E-state index in [9.17, 15) is 18.3 Å². The molecule has 0 unspecified atom stereocenters. The Morgan fingerprint density at radius 2 is 1.74 bits per heavy atom. The number of hydrogen-bond acceptors (Lipinski definition) is 4. The lowest BCUT2D eigenvalue weighted by Crippen LogP contribution is -2.54. The first-order chi connectivity index (χ1) is 12.9. The second kappa shape index (κ2) is 8.68. The molecule has 0 atom stereocenters. The van der Waals surface area contributed by atoms with Crippen molar-refractivity contribution >= 4 is 16.2 Å². The maximum Gasteiger partial charge on any atom is 0.336 e. The molecule has 1 aromatic carbocycles. The Hall–Kier alpha value is -1.48. The van der Waals surface area contributed by atoms with Crippen LogP contribution in [0.4, 0.5) is 0 Å². The van der Waals surface area contributed by atoms with Gasteiger partial charge in [0.05, 0.1) is 5.56 Å². The lowest BCUT2D eigenvalue weighted by atomic mass is 9.96. The van der Waals surface area contributed by atoms with E-state index < -0.39 is 16.2 Å². The van der Waals surface area contributed by atoms with E-state index in [4.69, 9.17) is 0 Å². The first-order valence-corrected chi connectivity index (χ1v) is 11.1. The minimum Gasteiger partial charge on any atom is -0.478 e. The fourth-order valence-electron chi connectivity index (χ4n) is 4.04. The first kappa shape index (κ1) is 20.3. The maximum atomic E-state index is 12.9. The molecular weight excluding hydrogens is 366 g/mol. The SMILES string of the molecule is CN(C1CCCCC1)S(=O)(=O)N1CCN(Cc2ccccc2C(=O)O)CC1. The zero-order valence-electron chi connectivity index (χ0n) is 15.9. The minimum absolute atomic E-state index is 0.115. The van der Waals surface area contributed by atoms with Crippen LogP contribution >= 0.6 is 0 Å². The van der Waals surface area contributed by atoms with E-state index in [1.807, 2.05) is 12.1 Å². The molecule has 2 aliphatic rings. The molecule has 0 spiro atoms. The van der Waals surface area contributed by atoms with E-state index in [-0.39, 0.29) is 6.04 Å². The first-order valence-electron chi connectivity index (χ1n) is 9.66. The summed E-state index contributed by atoms with van der Waals surface area (Å²) < 4.78 is 29.0. The summed E-state index contributed by atoms with van der Waals surface area (Å²) in [6.45, 7) is 2.61. The molecule has 7 nitrogen and oxygen atoms in total. The van der Waals surface area contributed by atoms with E-state index in [1.165, 1.54) is 6.42 Å². The number of piperazine rings is 1. The average molecular weight is 396 g/mol. The van der Waals surface area contributed by atoms with Crippen LogP contribution in [0.25, 0.3) is 0 Å². The molecule has 1 N–H and O–H groups in total. The molecule has 1 aliphatic carbocycles. The maximum absolute atomic E-state index is 12.9. The number of aromatic carboxylic acids is 1. The standard InChI is InChI=1S/C19H29N3O4S/c1-20(17-8-3-2-4-9-17)27(25,26)22-13-11-21(12-14-22)15-16-7-5-6-10-18(16)19(23)24/h5-7,10,17H,2-4,8-9,11-15H2,1H3,(H,23,24). The number of hydrogen-bond donors (Lipinski definition) is 1. The van der Waals surface area contributed by atoms with Gasteiger partial charge < -0.3 is 5.11 Å². The zero-order valence-corrected chi connectivity index (χ0v) is 16.7. The molecule has 1 saturated carbocycles. The number of carboxylic acid groups (broad SMARTS) is 1. The third kappa shape index (κ3) is 4.68. The van der Waals surface area contributed by atoms with Gasteiger partial charge in [0.2, 0.25) is 0 Å². The predicted octanol–water partition coefficient (Wildman–Crippen LogP) is 2.01. The van der Waals surface area contributed by atoms with Crippen LogP contribution in [-0.2, 0) is 16.8 Å². The summed E-state index contributed by atoms with van der Waals surface area (Å²) in [7, 11) is -1.72. The monoisotopic (exact) mass is 395 g/mol. The van der Waals surface area contributed by atoms with Crippen LogP contribution in [0.5, 0.6) is 0 Å². The second-order valence-electron chi connectivity index (χ2n) is 7.45.